The average molecular weight is 215 g/mol. The monoisotopic (exact) mass is 215 g/mol. The fourth-order valence-corrected chi connectivity index (χ4v) is 1.61. The normalized spacial score (nSPS) is 10.4. The molecule has 4 nitrogen and oxygen atoms in total. The highest BCUT2D eigenvalue weighted by atomic mass is 16.1. The zero-order valence-corrected chi connectivity index (χ0v) is 9.24. The predicted octanol–water partition coefficient (Wildman–Crippen LogP) is 1.64. The summed E-state index contributed by atoms with van der Waals surface area (Å²) < 4.78 is 0. The molecule has 1 aromatic heterocycles. The van der Waals surface area contributed by atoms with Crippen LogP contribution in [0.5, 0.6) is 0 Å². The van der Waals surface area contributed by atoms with Gasteiger partial charge in [-0.3, -0.25) is 4.79 Å². The number of nitrogens with one attached hydrogen (secondary N) is 1. The Bertz CT molecular complexity index is 587. The lowest BCUT2D eigenvalue weighted by Crippen LogP contribution is -2.09. The number of aryl methyl sites for hydroxylation is 2. The minimum atomic E-state index is -0.164. The smallest absolute Gasteiger partial charge is 0.251 e. The van der Waals surface area contributed by atoms with Crippen LogP contribution in [0.2, 0.25) is 0 Å². The van der Waals surface area contributed by atoms with Crippen LogP contribution in [0.4, 0.5) is 5.69 Å². The first-order valence-electron chi connectivity index (χ1n) is 5.01. The largest absolute Gasteiger partial charge is 0.398 e. The number of nitrogen functional groups attached to an aromatic ring is 1. The molecule has 16 heavy (non-hydrogen) atoms. The Kier molecular flexibility index (Phi) is 2.48. The fourth-order valence-electron chi connectivity index (χ4n) is 1.61. The van der Waals surface area contributed by atoms with E-state index < -0.39 is 0 Å². The van der Waals surface area contributed by atoms with E-state index in [4.69, 9.17) is 5.73 Å². The van der Waals surface area contributed by atoms with Gasteiger partial charge in [0.15, 0.2) is 0 Å². The summed E-state index contributed by atoms with van der Waals surface area (Å²) in [7, 11) is 0. The lowest BCUT2D eigenvalue weighted by atomic mass is 10.1. The van der Waals surface area contributed by atoms with Crippen molar-refractivity contribution in [1.82, 2.24) is 9.97 Å². The number of H-pyrrole nitrogens is 1. The van der Waals surface area contributed by atoms with Gasteiger partial charge in [-0.2, -0.15) is 0 Å². The fraction of sp³-hybridized carbons (Fsp3) is 0.167. The van der Waals surface area contributed by atoms with Crippen LogP contribution in [-0.2, 0) is 0 Å². The molecule has 0 aliphatic rings. The molecule has 0 atom stereocenters. The van der Waals surface area contributed by atoms with Gasteiger partial charge < -0.3 is 10.7 Å². The molecule has 0 bridgehead atoms. The second kappa shape index (κ2) is 3.81. The number of benzene rings is 1. The third kappa shape index (κ3) is 1.95. The summed E-state index contributed by atoms with van der Waals surface area (Å²) in [6, 6.07) is 7.14. The molecule has 82 valence electrons. The van der Waals surface area contributed by atoms with Gasteiger partial charge in [0.2, 0.25) is 0 Å². The van der Waals surface area contributed by atoms with Gasteiger partial charge in [0.05, 0.1) is 5.69 Å². The Morgan fingerprint density at radius 2 is 2.00 bits per heavy atom. The standard InChI is InChI=1S/C12H13N3O/c1-7-3-4-10(13)9(5-7)11-6-12(16)15-8(2)14-11/h3-6H,13H2,1-2H3,(H,14,15,16). The van der Waals surface area contributed by atoms with Crippen molar-refractivity contribution >= 4 is 5.69 Å². The molecule has 0 aliphatic heterocycles. The number of hydrogen-bond donors (Lipinski definition) is 2. The van der Waals surface area contributed by atoms with Gasteiger partial charge in [-0.25, -0.2) is 4.98 Å². The lowest BCUT2D eigenvalue weighted by Gasteiger charge is -2.06. The van der Waals surface area contributed by atoms with Crippen LogP contribution < -0.4 is 11.3 Å². The first-order chi connectivity index (χ1) is 7.56. The lowest BCUT2D eigenvalue weighted by molar-refractivity contribution is 1.02. The van der Waals surface area contributed by atoms with Gasteiger partial charge >= 0.3 is 0 Å². The molecule has 0 unspecified atom stereocenters. The molecule has 0 aliphatic carbocycles. The van der Waals surface area contributed by atoms with E-state index in [0.717, 1.165) is 11.1 Å². The van der Waals surface area contributed by atoms with Crippen molar-refractivity contribution in [2.24, 2.45) is 0 Å². The maximum atomic E-state index is 11.3. The summed E-state index contributed by atoms with van der Waals surface area (Å²) in [6.07, 6.45) is 0. The van der Waals surface area contributed by atoms with Gasteiger partial charge in [0.1, 0.15) is 5.82 Å². The van der Waals surface area contributed by atoms with Crippen LogP contribution in [0.25, 0.3) is 11.3 Å². The number of aromatic amines is 1. The van der Waals surface area contributed by atoms with E-state index in [9.17, 15) is 4.79 Å². The van der Waals surface area contributed by atoms with Crippen LogP contribution in [-0.4, -0.2) is 9.97 Å². The SMILES string of the molecule is Cc1ccc(N)c(-c2cc(=O)[nH]c(C)n2)c1. The molecular formula is C12H13N3O. The van der Waals surface area contributed by atoms with Crippen molar-refractivity contribution in [3.63, 3.8) is 0 Å². The molecule has 3 N–H and O–H groups in total. The predicted molar refractivity (Wildman–Crippen MR) is 64.2 cm³/mol. The summed E-state index contributed by atoms with van der Waals surface area (Å²) in [6.45, 7) is 3.72. The molecule has 4 heteroatoms. The Balaban J connectivity index is 2.66. The Morgan fingerprint density at radius 1 is 1.25 bits per heavy atom. The Hall–Kier alpha value is -2.10. The minimum absolute atomic E-state index is 0.164. The summed E-state index contributed by atoms with van der Waals surface area (Å²) in [4.78, 5) is 18.2. The van der Waals surface area contributed by atoms with Crippen LogP contribution in [0.1, 0.15) is 11.4 Å². The molecule has 0 fully saturated rings. The zero-order chi connectivity index (χ0) is 11.7. The van der Waals surface area contributed by atoms with Crippen molar-refractivity contribution in [3.8, 4) is 11.3 Å². The molecule has 1 heterocycles. The van der Waals surface area contributed by atoms with Gasteiger partial charge in [0.25, 0.3) is 5.56 Å². The highest BCUT2D eigenvalue weighted by Gasteiger charge is 2.05. The second-order valence-corrected chi connectivity index (χ2v) is 3.81. The molecular weight excluding hydrogens is 202 g/mol. The zero-order valence-electron chi connectivity index (χ0n) is 9.24. The molecule has 2 aromatic rings. The third-order valence-corrected chi connectivity index (χ3v) is 2.34. The number of aromatic nitrogens is 2. The Labute approximate surface area is 93.2 Å². The molecule has 2 rings (SSSR count). The first-order valence-corrected chi connectivity index (χ1v) is 5.01. The number of hydrogen-bond acceptors (Lipinski definition) is 3. The van der Waals surface area contributed by atoms with E-state index in [1.165, 1.54) is 6.07 Å². The molecule has 0 amide bonds. The maximum absolute atomic E-state index is 11.3. The number of nitrogens with zero attached hydrogens (tertiary/aromatic N) is 1. The average Bonchev–Trinajstić information content (AvgIpc) is 2.20. The number of anilines is 1. The molecule has 0 spiro atoms. The molecule has 0 saturated carbocycles. The van der Waals surface area contributed by atoms with Crippen molar-refractivity contribution in [3.05, 3.63) is 46.0 Å². The maximum Gasteiger partial charge on any atom is 0.251 e. The van der Waals surface area contributed by atoms with Crippen LogP contribution in [0.15, 0.2) is 29.1 Å². The van der Waals surface area contributed by atoms with Gasteiger partial charge in [-0.1, -0.05) is 11.6 Å². The van der Waals surface area contributed by atoms with Gasteiger partial charge in [-0.05, 0) is 26.0 Å². The van der Waals surface area contributed by atoms with E-state index in [1.54, 1.807) is 6.92 Å². The van der Waals surface area contributed by atoms with Gasteiger partial charge in [-0.15, -0.1) is 0 Å². The summed E-state index contributed by atoms with van der Waals surface area (Å²) in [5, 5.41) is 0. The van der Waals surface area contributed by atoms with E-state index in [0.29, 0.717) is 17.2 Å². The van der Waals surface area contributed by atoms with E-state index in [2.05, 4.69) is 9.97 Å². The van der Waals surface area contributed by atoms with Crippen molar-refractivity contribution in [2.75, 3.05) is 5.73 Å². The highest BCUT2D eigenvalue weighted by Crippen LogP contribution is 2.24. The number of rotatable bonds is 1. The number of nitrogens with two attached hydrogens (primary N) is 1. The van der Waals surface area contributed by atoms with Crippen molar-refractivity contribution < 1.29 is 0 Å². The van der Waals surface area contributed by atoms with Crippen LogP contribution in [0.3, 0.4) is 0 Å². The van der Waals surface area contributed by atoms with E-state index >= 15 is 0 Å². The van der Waals surface area contributed by atoms with Crippen molar-refractivity contribution in [1.29, 1.82) is 0 Å². The third-order valence-electron chi connectivity index (χ3n) is 2.34. The summed E-state index contributed by atoms with van der Waals surface area (Å²) in [5.74, 6) is 0.586. The molecule has 0 saturated heterocycles. The highest BCUT2D eigenvalue weighted by molar-refractivity contribution is 5.74. The van der Waals surface area contributed by atoms with Crippen LogP contribution in [0, 0.1) is 13.8 Å². The topological polar surface area (TPSA) is 71.8 Å². The molecule has 1 aromatic carbocycles. The van der Waals surface area contributed by atoms with E-state index in [-0.39, 0.29) is 5.56 Å². The van der Waals surface area contributed by atoms with Crippen LogP contribution >= 0.6 is 0 Å². The van der Waals surface area contributed by atoms with Crippen molar-refractivity contribution in [2.45, 2.75) is 13.8 Å². The first kappa shape index (κ1) is 10.4. The van der Waals surface area contributed by atoms with E-state index in [1.807, 2.05) is 25.1 Å². The minimum Gasteiger partial charge on any atom is -0.398 e. The second-order valence-electron chi connectivity index (χ2n) is 3.81. The summed E-state index contributed by atoms with van der Waals surface area (Å²) in [5.41, 5.74) is 8.83. The Morgan fingerprint density at radius 3 is 2.69 bits per heavy atom. The summed E-state index contributed by atoms with van der Waals surface area (Å²) >= 11 is 0. The quantitative estimate of drug-likeness (QED) is 0.710. The van der Waals surface area contributed by atoms with Gasteiger partial charge in [0, 0.05) is 17.3 Å². The molecule has 0 radical (unpaired) electrons.